The first-order chi connectivity index (χ1) is 18.9. The minimum absolute atomic E-state index is 0.273. The number of cyclic esters (lactones) is 2. The smallest absolute Gasteiger partial charge is 0.346 e. The minimum Gasteiger partial charge on any atom is -0.386 e. The fraction of sp³-hybridized carbons (Fsp3) is 0. The molecule has 5 aromatic rings. The van der Waals surface area contributed by atoms with Crippen molar-refractivity contribution in [2.45, 2.75) is 0 Å². The second-order valence-electron chi connectivity index (χ2n) is 7.40. The molecule has 3 aromatic carbocycles. The van der Waals surface area contributed by atoms with Gasteiger partial charge >= 0.3 is 17.1 Å². The number of hydrogen-bond donors (Lipinski definition) is 2. The molecule has 6 rings (SSSR count). The van der Waals surface area contributed by atoms with Gasteiger partial charge in [0.15, 0.2) is 10.3 Å². The third-order valence-corrected chi connectivity index (χ3v) is 5.41. The van der Waals surface area contributed by atoms with Crippen LogP contribution >= 0.6 is 62.1 Å². The van der Waals surface area contributed by atoms with E-state index in [0.29, 0.717) is 32.2 Å². The van der Waals surface area contributed by atoms with E-state index in [4.69, 9.17) is 23.2 Å². The Morgan fingerprint density at radius 1 is 0.575 bits per heavy atom. The summed E-state index contributed by atoms with van der Waals surface area (Å²) in [6.07, 6.45) is 0. The van der Waals surface area contributed by atoms with Gasteiger partial charge in [0.2, 0.25) is 0 Å². The second-order valence-corrected chi connectivity index (χ2v) is 14.8. The maximum absolute atomic E-state index is 11.1. The zero-order valence-corrected chi connectivity index (χ0v) is 24.3. The van der Waals surface area contributed by atoms with E-state index in [0.717, 1.165) is 10.8 Å². The molecule has 0 unspecified atom stereocenters. The number of hydrogen-bond acceptors (Lipinski definition) is 8. The normalized spacial score (nSPS) is 11.7. The highest BCUT2D eigenvalue weighted by atomic mass is 36.0. The number of H-pyrrole nitrogens is 2. The highest BCUT2D eigenvalue weighted by Gasteiger charge is 2.28. The van der Waals surface area contributed by atoms with Crippen molar-refractivity contribution in [1.29, 1.82) is 0 Å². The fourth-order valence-corrected chi connectivity index (χ4v) is 3.60. The van der Waals surface area contributed by atoms with Crippen LogP contribution < -0.4 is 11.1 Å². The maximum atomic E-state index is 11.1. The molecule has 16 heteroatoms. The summed E-state index contributed by atoms with van der Waals surface area (Å²) in [6.45, 7) is 0. The highest BCUT2D eigenvalue weighted by Crippen LogP contribution is 2.61. The van der Waals surface area contributed by atoms with Gasteiger partial charge in [-0.25, -0.2) is 9.59 Å². The Kier molecular flexibility index (Phi) is 10.9. The predicted molar refractivity (Wildman–Crippen MR) is 156 cm³/mol. The monoisotopic (exact) mass is 660 g/mol. The van der Waals surface area contributed by atoms with Crippen molar-refractivity contribution in [3.63, 3.8) is 0 Å². The lowest BCUT2D eigenvalue weighted by Crippen LogP contribution is -2.18. The lowest BCUT2D eigenvalue weighted by atomic mass is 10.1. The summed E-state index contributed by atoms with van der Waals surface area (Å²) in [5, 5.41) is 11.9. The van der Waals surface area contributed by atoms with E-state index in [1.807, 2.05) is 24.3 Å². The molecule has 0 bridgehead atoms. The quantitative estimate of drug-likeness (QED) is 0.103. The van der Waals surface area contributed by atoms with Crippen LogP contribution in [0.2, 0.25) is 10.3 Å². The lowest BCUT2D eigenvalue weighted by molar-refractivity contribution is 0.0443. The van der Waals surface area contributed by atoms with E-state index in [1.54, 1.807) is 48.5 Å². The van der Waals surface area contributed by atoms with Crippen LogP contribution in [0.3, 0.4) is 0 Å². The zero-order chi connectivity index (χ0) is 29.4. The summed E-state index contributed by atoms with van der Waals surface area (Å²) < 4.78 is 13.9. The molecule has 0 amide bonds. The third kappa shape index (κ3) is 8.63. The third-order valence-electron chi connectivity index (χ3n) is 4.86. The summed E-state index contributed by atoms with van der Waals surface area (Å²) in [4.78, 5) is 43.9. The Hall–Kier alpha value is -3.24. The van der Waals surface area contributed by atoms with Crippen LogP contribution in [-0.4, -0.2) is 32.3 Å². The molecule has 1 aliphatic heterocycles. The van der Waals surface area contributed by atoms with E-state index in [-0.39, 0.29) is 11.1 Å². The Morgan fingerprint density at radius 3 is 1.23 bits per heavy atom. The van der Waals surface area contributed by atoms with Gasteiger partial charge in [-0.3, -0.25) is 24.4 Å². The van der Waals surface area contributed by atoms with Crippen LogP contribution in [0.5, 0.6) is 0 Å². The number of halogens is 5. The summed E-state index contributed by atoms with van der Waals surface area (Å²) in [7, 11) is 0. The van der Waals surface area contributed by atoms with Crippen molar-refractivity contribution >= 4 is 95.6 Å². The molecule has 0 saturated heterocycles. The number of aromatic nitrogens is 4. The highest BCUT2D eigenvalue weighted by molar-refractivity contribution is 8.24. The van der Waals surface area contributed by atoms with E-state index in [1.165, 1.54) is 0 Å². The van der Waals surface area contributed by atoms with Gasteiger partial charge in [-0.2, -0.15) is 0 Å². The average molecular weight is 663 g/mol. The van der Waals surface area contributed by atoms with Crippen molar-refractivity contribution in [3.05, 3.63) is 115 Å². The van der Waals surface area contributed by atoms with Gasteiger partial charge < -0.3 is 4.74 Å². The number of benzene rings is 3. The van der Waals surface area contributed by atoms with Crippen molar-refractivity contribution in [2.75, 3.05) is 0 Å². The molecule has 40 heavy (non-hydrogen) atoms. The molecule has 0 atom stereocenters. The summed E-state index contributed by atoms with van der Waals surface area (Å²) in [5.74, 6) is -1.10. The molecule has 3 heterocycles. The number of carbonyl (C=O) groups excluding carboxylic acids is 2. The van der Waals surface area contributed by atoms with E-state index in [2.05, 4.69) is 58.9 Å². The lowest BCUT2D eigenvalue weighted by Gasteiger charge is -1.98. The number of rotatable bonds is 0. The first kappa shape index (κ1) is 31.3. The molecular formula is C24H14Cl5N4O6P. The standard InChI is InChI=1S/C8H4Cl2N2.C8H6N2O2.C8H4O3.Cl3OP/c9-7-5-3-1-2-4-6(5)8(10)12-11-7;11-7-5-3-1-2-4-6(5)8(12)10-9-7;9-7-5-3-1-2-4-6(5)8(10)11-7;1-5(2,3)4/h1-4H;1-4H,(H,9,11)(H,10,12);1-4H;. The molecule has 1 aliphatic rings. The largest absolute Gasteiger partial charge is 0.386 e. The minimum atomic E-state index is -3.22. The van der Waals surface area contributed by atoms with Gasteiger partial charge in [-0.15, -0.1) is 10.2 Å². The van der Waals surface area contributed by atoms with Gasteiger partial charge in [0.1, 0.15) is 0 Å². The van der Waals surface area contributed by atoms with E-state index >= 15 is 0 Å². The number of esters is 2. The Bertz CT molecular complexity index is 1740. The Balaban J connectivity index is 0.000000153. The number of nitrogens with zero attached hydrogens (tertiary/aromatic N) is 2. The zero-order valence-electron chi connectivity index (χ0n) is 19.6. The van der Waals surface area contributed by atoms with Gasteiger partial charge in [0, 0.05) is 10.8 Å². The van der Waals surface area contributed by atoms with Gasteiger partial charge in [0.05, 0.1) is 21.9 Å². The molecule has 2 N–H and O–H groups in total. The van der Waals surface area contributed by atoms with Crippen molar-refractivity contribution in [3.8, 4) is 0 Å². The number of carbonyl (C=O) groups is 2. The van der Waals surface area contributed by atoms with Crippen molar-refractivity contribution in [1.82, 2.24) is 20.4 Å². The molecule has 10 nitrogen and oxygen atoms in total. The Labute approximate surface area is 248 Å². The van der Waals surface area contributed by atoms with Crippen LogP contribution in [0.4, 0.5) is 0 Å². The average Bonchev–Trinajstić information content (AvgIpc) is 3.22. The molecule has 0 fully saturated rings. The number of fused-ring (bicyclic) bond motifs is 3. The van der Waals surface area contributed by atoms with Crippen LogP contribution in [0.25, 0.3) is 21.5 Å². The molecule has 2 aromatic heterocycles. The topological polar surface area (TPSA) is 152 Å². The number of aromatic amines is 2. The Morgan fingerprint density at radius 2 is 0.875 bits per heavy atom. The van der Waals surface area contributed by atoms with E-state index in [9.17, 15) is 23.7 Å². The summed E-state index contributed by atoms with van der Waals surface area (Å²) >= 11 is 25.4. The molecule has 0 spiro atoms. The molecule has 0 aliphatic carbocycles. The summed E-state index contributed by atoms with van der Waals surface area (Å²) in [5.41, 5.74) is 0.172. The van der Waals surface area contributed by atoms with Crippen LogP contribution in [0, 0.1) is 0 Å². The number of nitrogens with one attached hydrogen (secondary N) is 2. The van der Waals surface area contributed by atoms with Gasteiger partial charge in [0.25, 0.3) is 11.1 Å². The molecular weight excluding hydrogens is 649 g/mol. The fourth-order valence-electron chi connectivity index (χ4n) is 3.20. The van der Waals surface area contributed by atoms with Crippen LogP contribution in [0.1, 0.15) is 20.7 Å². The van der Waals surface area contributed by atoms with Gasteiger partial charge in [-0.1, -0.05) is 71.7 Å². The first-order valence-corrected chi connectivity index (χ1v) is 15.8. The molecule has 0 radical (unpaired) electrons. The van der Waals surface area contributed by atoms with Crippen LogP contribution in [0.15, 0.2) is 82.4 Å². The maximum Gasteiger partial charge on any atom is 0.346 e. The van der Waals surface area contributed by atoms with Gasteiger partial charge in [-0.05, 0) is 58.0 Å². The second kappa shape index (κ2) is 13.9. The summed E-state index contributed by atoms with van der Waals surface area (Å²) in [6, 6.07) is 20.7. The molecule has 0 saturated carbocycles. The number of ether oxygens (including phenoxy) is 1. The SMILES string of the molecule is Clc1nnc(Cl)c2ccccc12.O=C1OC(=O)c2ccccc21.O=P(Cl)(Cl)Cl.O=c1[nH][nH]c(=O)c2ccccc12. The van der Waals surface area contributed by atoms with Crippen molar-refractivity contribution < 1.29 is 18.9 Å². The predicted octanol–water partition coefficient (Wildman–Crippen LogP) is 6.96. The van der Waals surface area contributed by atoms with E-state index < -0.39 is 17.1 Å². The molecule has 206 valence electrons. The first-order valence-electron chi connectivity index (χ1n) is 10.7. The van der Waals surface area contributed by atoms with Crippen molar-refractivity contribution in [2.24, 2.45) is 0 Å². The van der Waals surface area contributed by atoms with Crippen LogP contribution in [-0.2, 0) is 9.30 Å².